The summed E-state index contributed by atoms with van der Waals surface area (Å²) in [5.74, 6) is -0.205. The molecule has 0 spiro atoms. The van der Waals surface area contributed by atoms with Crippen LogP contribution in [0.2, 0.25) is 18.1 Å². The van der Waals surface area contributed by atoms with Gasteiger partial charge < -0.3 is 45.2 Å². The normalized spacial score (nSPS) is 13.1. The molecule has 316 valence electrons. The molecule has 0 aliphatic heterocycles. The third-order valence-corrected chi connectivity index (χ3v) is 20.0. The smallest absolute Gasteiger partial charge is 0.377 e. The summed E-state index contributed by atoms with van der Waals surface area (Å²) < 4.78 is 51.7. The van der Waals surface area contributed by atoms with Gasteiger partial charge in [-0.1, -0.05) is 59.3 Å². The van der Waals surface area contributed by atoms with Crippen molar-refractivity contribution in [3.63, 3.8) is 0 Å². The van der Waals surface area contributed by atoms with Gasteiger partial charge in [-0.15, -0.1) is 0 Å². The lowest BCUT2D eigenvalue weighted by Crippen LogP contribution is -2.45. The van der Waals surface area contributed by atoms with Crippen molar-refractivity contribution in [2.45, 2.75) is 154 Å². The minimum Gasteiger partial charge on any atom is -0.377 e. The van der Waals surface area contributed by atoms with E-state index in [2.05, 4.69) is 26.1 Å². The van der Waals surface area contributed by atoms with E-state index in [9.17, 15) is 9.59 Å². The summed E-state index contributed by atoms with van der Waals surface area (Å²) in [5.41, 5.74) is -0.154. The predicted molar refractivity (Wildman–Crippen MR) is 218 cm³/mol. The molecular formula is C38H81NO11Si3. The Morgan fingerprint density at radius 1 is 0.453 bits per heavy atom. The van der Waals surface area contributed by atoms with Crippen LogP contribution in [-0.2, 0) is 49.4 Å². The first kappa shape index (κ1) is 52.4. The van der Waals surface area contributed by atoms with Gasteiger partial charge in [0.15, 0.2) is 0 Å². The zero-order valence-corrected chi connectivity index (χ0v) is 39.0. The predicted octanol–water partition coefficient (Wildman–Crippen LogP) is 8.36. The number of rotatable bonds is 37. The number of nitrogens with one attached hydrogen (secondary N) is 1. The molecule has 0 radical (unpaired) electrons. The Labute approximate surface area is 327 Å². The van der Waals surface area contributed by atoms with Crippen LogP contribution < -0.4 is 5.32 Å². The highest BCUT2D eigenvalue weighted by Gasteiger charge is 2.43. The number of amides is 1. The molecule has 15 heteroatoms. The third kappa shape index (κ3) is 19.0. The largest absolute Gasteiger partial charge is 0.500 e. The van der Waals surface area contributed by atoms with E-state index >= 15 is 0 Å². The molecule has 0 aromatic heterocycles. The number of unbranched alkanes of at least 4 members (excludes halogenated alkanes) is 3. The molecule has 12 nitrogen and oxygen atoms in total. The number of ketones is 1. The SMILES string of the molecule is CCCCC(CCCC)(CCCC)CCC(=O)CC(=O)NCC(CCC[Si](OC)(OC)OC)(CCC[Si](OC)(OC)OC)CCC[Si](OC)(OC)OC. The van der Waals surface area contributed by atoms with Crippen molar-refractivity contribution in [2.75, 3.05) is 70.5 Å². The lowest BCUT2D eigenvalue weighted by atomic mass is 9.71. The first-order valence-electron chi connectivity index (χ1n) is 20.1. The first-order valence-corrected chi connectivity index (χ1v) is 25.9. The van der Waals surface area contributed by atoms with Crippen LogP contribution in [-0.4, -0.2) is 109 Å². The molecule has 0 aliphatic carbocycles. The number of hydrogen-bond donors (Lipinski definition) is 1. The van der Waals surface area contributed by atoms with Crippen molar-refractivity contribution < 1.29 is 49.4 Å². The zero-order chi connectivity index (χ0) is 40.3. The standard InChI is InChI=1S/C38H81NO11Si3/c1-13-16-23-37(24-17-14-2,25-18-15-3)29-22-35(40)33-36(41)39-34-38(26-19-30-51(42-4,43-5)44-6,27-20-31-52(45-7,46-8)47-9)28-21-32-53(48-10,49-11)50-12/h13-34H2,1-12H3,(H,39,41). The second-order valence-corrected chi connectivity index (χ2v) is 24.0. The molecular weight excluding hydrogens is 731 g/mol. The molecule has 0 aliphatic rings. The fraction of sp³-hybridized carbons (Fsp3) is 0.947. The number of hydrogen-bond acceptors (Lipinski definition) is 11. The maximum Gasteiger partial charge on any atom is 0.500 e. The van der Waals surface area contributed by atoms with Crippen molar-refractivity contribution in [3.8, 4) is 0 Å². The summed E-state index contributed by atoms with van der Waals surface area (Å²) in [6.45, 7) is 7.13. The van der Waals surface area contributed by atoms with Crippen molar-refractivity contribution in [2.24, 2.45) is 10.8 Å². The van der Waals surface area contributed by atoms with Crippen LogP contribution >= 0.6 is 0 Å². The lowest BCUT2D eigenvalue weighted by molar-refractivity contribution is -0.129. The van der Waals surface area contributed by atoms with Gasteiger partial charge in [0.05, 0.1) is 6.42 Å². The van der Waals surface area contributed by atoms with Gasteiger partial charge >= 0.3 is 26.4 Å². The summed E-state index contributed by atoms with van der Waals surface area (Å²) in [6.07, 6.45) is 16.3. The number of Topliss-reactive ketones (excluding diaryl/α,β-unsaturated/α-hetero) is 1. The Kier molecular flexibility index (Phi) is 28.5. The van der Waals surface area contributed by atoms with Crippen LogP contribution in [0.5, 0.6) is 0 Å². The summed E-state index contributed by atoms with van der Waals surface area (Å²) in [6, 6.07) is 1.88. The molecule has 53 heavy (non-hydrogen) atoms. The summed E-state index contributed by atoms with van der Waals surface area (Å²) >= 11 is 0. The van der Waals surface area contributed by atoms with Crippen molar-refractivity contribution in [3.05, 3.63) is 0 Å². The second kappa shape index (κ2) is 28.8. The molecule has 0 heterocycles. The summed E-state index contributed by atoms with van der Waals surface area (Å²) in [5, 5.41) is 3.22. The van der Waals surface area contributed by atoms with E-state index in [1.165, 1.54) is 19.3 Å². The van der Waals surface area contributed by atoms with Crippen LogP contribution in [0.25, 0.3) is 0 Å². The number of carbonyl (C=O) groups is 2. The minimum atomic E-state index is -2.83. The second-order valence-electron chi connectivity index (χ2n) is 14.7. The van der Waals surface area contributed by atoms with Crippen molar-refractivity contribution in [1.29, 1.82) is 0 Å². The van der Waals surface area contributed by atoms with Crippen LogP contribution in [0.4, 0.5) is 0 Å². The van der Waals surface area contributed by atoms with Crippen LogP contribution in [0.1, 0.15) is 136 Å². The van der Waals surface area contributed by atoms with Gasteiger partial charge in [0.1, 0.15) is 5.78 Å². The lowest BCUT2D eigenvalue weighted by Gasteiger charge is -2.37. The average molecular weight is 812 g/mol. The van der Waals surface area contributed by atoms with Crippen molar-refractivity contribution >= 4 is 38.1 Å². The quantitative estimate of drug-likeness (QED) is 0.0480. The zero-order valence-electron chi connectivity index (χ0n) is 36.0. The molecule has 0 atom stereocenters. The van der Waals surface area contributed by atoms with Gasteiger partial charge in [0.2, 0.25) is 5.91 Å². The molecule has 1 N–H and O–H groups in total. The van der Waals surface area contributed by atoms with Gasteiger partial charge in [0, 0.05) is 95.1 Å². The monoisotopic (exact) mass is 812 g/mol. The molecule has 0 aromatic rings. The molecule has 0 unspecified atom stereocenters. The Hall–Kier alpha value is -0.569. The van der Waals surface area contributed by atoms with Gasteiger partial charge in [-0.3, -0.25) is 9.59 Å². The highest BCUT2D eigenvalue weighted by atomic mass is 28.4. The fourth-order valence-corrected chi connectivity index (χ4v) is 12.9. The molecule has 0 fully saturated rings. The molecule has 0 aromatic carbocycles. The van der Waals surface area contributed by atoms with E-state index in [1.807, 2.05) is 0 Å². The maximum atomic E-state index is 13.6. The topological polar surface area (TPSA) is 129 Å². The number of carbonyl (C=O) groups excluding carboxylic acids is 2. The Bertz CT molecular complexity index is 839. The highest BCUT2D eigenvalue weighted by molar-refractivity contribution is 6.61. The minimum absolute atomic E-state index is 0.0187. The molecule has 0 bridgehead atoms. The van der Waals surface area contributed by atoms with E-state index in [0.717, 1.165) is 83.5 Å². The Balaban J connectivity index is 6.25. The van der Waals surface area contributed by atoms with E-state index in [1.54, 1.807) is 64.0 Å². The average Bonchev–Trinajstić information content (AvgIpc) is 3.19. The van der Waals surface area contributed by atoms with Crippen molar-refractivity contribution in [1.82, 2.24) is 5.32 Å². The van der Waals surface area contributed by atoms with Gasteiger partial charge in [-0.25, -0.2) is 0 Å². The Morgan fingerprint density at radius 2 is 0.755 bits per heavy atom. The summed E-state index contributed by atoms with van der Waals surface area (Å²) in [7, 11) is 6.14. The molecule has 0 saturated carbocycles. The Morgan fingerprint density at radius 3 is 1.04 bits per heavy atom. The molecule has 0 saturated heterocycles. The molecule has 0 rings (SSSR count). The third-order valence-electron chi connectivity index (χ3n) is 11.5. The summed E-state index contributed by atoms with van der Waals surface area (Å²) in [4.78, 5) is 27.0. The van der Waals surface area contributed by atoms with E-state index in [-0.39, 0.29) is 28.9 Å². The van der Waals surface area contributed by atoms with Crippen LogP contribution in [0.15, 0.2) is 0 Å². The van der Waals surface area contributed by atoms with Gasteiger partial charge in [-0.2, -0.15) is 0 Å². The fourth-order valence-electron chi connectivity index (χ4n) is 7.77. The van der Waals surface area contributed by atoms with Crippen LogP contribution in [0, 0.1) is 10.8 Å². The van der Waals surface area contributed by atoms with E-state index < -0.39 is 26.4 Å². The van der Waals surface area contributed by atoms with E-state index in [0.29, 0.717) is 31.1 Å². The molecule has 1 amide bonds. The van der Waals surface area contributed by atoms with Gasteiger partial charge in [0.25, 0.3) is 0 Å². The van der Waals surface area contributed by atoms with Crippen LogP contribution in [0.3, 0.4) is 0 Å². The van der Waals surface area contributed by atoms with Gasteiger partial charge in [-0.05, 0) is 75.0 Å². The van der Waals surface area contributed by atoms with E-state index in [4.69, 9.17) is 39.8 Å². The maximum absolute atomic E-state index is 13.6. The highest BCUT2D eigenvalue weighted by Crippen LogP contribution is 2.42. The first-order chi connectivity index (χ1) is 25.3.